The number of ketones is 2. The highest BCUT2D eigenvalue weighted by atomic mass is 32.2. The maximum absolute atomic E-state index is 13.0. The molecule has 0 unspecified atom stereocenters. The largest absolute Gasteiger partial charge is 0.454 e. The molecule has 0 radical (unpaired) electrons. The van der Waals surface area contributed by atoms with E-state index in [1.807, 2.05) is 0 Å². The molecule has 2 aromatic heterocycles. The minimum absolute atomic E-state index is 0.0232. The van der Waals surface area contributed by atoms with E-state index in [0.717, 1.165) is 24.2 Å². The van der Waals surface area contributed by atoms with Gasteiger partial charge in [-0.25, -0.2) is 4.98 Å². The second-order valence-corrected chi connectivity index (χ2v) is 6.13. The van der Waals surface area contributed by atoms with Crippen molar-refractivity contribution in [2.45, 2.75) is 22.6 Å². The number of halogens is 3. The van der Waals surface area contributed by atoms with Crippen LogP contribution >= 0.6 is 11.8 Å². The fourth-order valence-corrected chi connectivity index (χ4v) is 3.03. The zero-order valence-corrected chi connectivity index (χ0v) is 13.7. The van der Waals surface area contributed by atoms with Crippen LogP contribution in [0, 0.1) is 0 Å². The highest BCUT2D eigenvalue weighted by molar-refractivity contribution is 7.99. The van der Waals surface area contributed by atoms with E-state index in [0.29, 0.717) is 0 Å². The Bertz CT molecular complexity index is 936. The molecule has 0 atom stereocenters. The van der Waals surface area contributed by atoms with Crippen LogP contribution in [0.4, 0.5) is 13.2 Å². The topological polar surface area (TPSA) is 88.8 Å². The van der Waals surface area contributed by atoms with E-state index < -0.39 is 23.3 Å². The van der Waals surface area contributed by atoms with E-state index in [1.165, 1.54) is 30.3 Å². The Kier molecular flexibility index (Phi) is 4.94. The number of carbonyl (C=O) groups is 2. The summed E-state index contributed by atoms with van der Waals surface area (Å²) in [5.74, 6) is -1.65. The second kappa shape index (κ2) is 7.16. The number of nitrogens with one attached hydrogen (secondary N) is 1. The number of hydrogen-bond acceptors (Lipinski definition) is 6. The van der Waals surface area contributed by atoms with Gasteiger partial charge in [0, 0.05) is 4.90 Å². The van der Waals surface area contributed by atoms with Crippen molar-refractivity contribution in [3.63, 3.8) is 0 Å². The van der Waals surface area contributed by atoms with Gasteiger partial charge in [-0.05, 0) is 24.3 Å². The Morgan fingerprint density at radius 1 is 1.15 bits per heavy atom. The fraction of sp³-hybridized carbons (Fsp3) is 0.125. The molecule has 0 saturated heterocycles. The van der Waals surface area contributed by atoms with Crippen LogP contribution in [0.3, 0.4) is 0 Å². The minimum Gasteiger partial charge on any atom is -0.454 e. The van der Waals surface area contributed by atoms with Crippen molar-refractivity contribution in [2.75, 3.05) is 0 Å². The predicted octanol–water partition coefficient (Wildman–Crippen LogP) is 3.56. The molecule has 1 aromatic carbocycles. The third-order valence-electron chi connectivity index (χ3n) is 3.26. The van der Waals surface area contributed by atoms with Crippen LogP contribution in [0.15, 0.2) is 57.1 Å². The molecule has 0 aliphatic carbocycles. The monoisotopic (exact) mass is 381 g/mol. The van der Waals surface area contributed by atoms with E-state index in [-0.39, 0.29) is 28.0 Å². The molecule has 10 heteroatoms. The summed E-state index contributed by atoms with van der Waals surface area (Å²) in [6.45, 7) is 0. The number of aromatic amines is 1. The molecule has 3 rings (SSSR count). The molecule has 3 aromatic rings. The summed E-state index contributed by atoms with van der Waals surface area (Å²) in [7, 11) is 0. The van der Waals surface area contributed by atoms with Crippen molar-refractivity contribution in [3.8, 4) is 0 Å². The Balaban J connectivity index is 1.71. The van der Waals surface area contributed by atoms with Gasteiger partial charge in [-0.15, -0.1) is 0 Å². The van der Waals surface area contributed by atoms with Crippen molar-refractivity contribution in [1.29, 1.82) is 0 Å². The minimum atomic E-state index is -4.49. The summed E-state index contributed by atoms with van der Waals surface area (Å²) < 4.78 is 44.4. The number of carbonyl (C=O) groups excluding carboxylic acids is 2. The number of furan rings is 1. The average molecular weight is 381 g/mol. The lowest BCUT2D eigenvalue weighted by molar-refractivity contribution is -0.139. The van der Waals surface area contributed by atoms with E-state index in [9.17, 15) is 22.8 Å². The smallest absolute Gasteiger partial charge is 0.417 e. The van der Waals surface area contributed by atoms with Gasteiger partial charge in [-0.3, -0.25) is 14.7 Å². The molecule has 6 nitrogen and oxygen atoms in total. The average Bonchev–Trinajstić information content (AvgIpc) is 3.26. The van der Waals surface area contributed by atoms with Gasteiger partial charge < -0.3 is 4.42 Å². The predicted molar refractivity (Wildman–Crippen MR) is 83.7 cm³/mol. The number of H-pyrrole nitrogens is 1. The summed E-state index contributed by atoms with van der Waals surface area (Å²) >= 11 is 0.784. The van der Waals surface area contributed by atoms with Gasteiger partial charge >= 0.3 is 6.18 Å². The lowest BCUT2D eigenvalue weighted by Gasteiger charge is -2.10. The third kappa shape index (κ3) is 4.02. The van der Waals surface area contributed by atoms with E-state index in [1.54, 1.807) is 0 Å². The van der Waals surface area contributed by atoms with Crippen molar-refractivity contribution >= 4 is 23.3 Å². The Hall–Kier alpha value is -2.88. The van der Waals surface area contributed by atoms with Gasteiger partial charge in [0.25, 0.3) is 5.78 Å². The number of benzene rings is 1. The molecule has 0 aliphatic rings. The molecule has 0 aliphatic heterocycles. The molecular formula is C16H10F3N3O3S. The van der Waals surface area contributed by atoms with Gasteiger partial charge in [0.05, 0.1) is 12.0 Å². The van der Waals surface area contributed by atoms with Gasteiger partial charge in [0.2, 0.25) is 5.78 Å². The van der Waals surface area contributed by atoms with Crippen molar-refractivity contribution < 1.29 is 27.2 Å². The van der Waals surface area contributed by atoms with Crippen molar-refractivity contribution in [3.05, 3.63) is 59.9 Å². The third-order valence-corrected chi connectivity index (χ3v) is 4.25. The molecular weight excluding hydrogens is 371 g/mol. The maximum Gasteiger partial charge on any atom is 0.417 e. The second-order valence-electron chi connectivity index (χ2n) is 5.08. The first-order chi connectivity index (χ1) is 12.3. The molecule has 0 amide bonds. The molecule has 26 heavy (non-hydrogen) atoms. The quantitative estimate of drug-likeness (QED) is 0.519. The van der Waals surface area contributed by atoms with Crippen LogP contribution in [0.2, 0.25) is 0 Å². The zero-order valence-electron chi connectivity index (χ0n) is 12.9. The van der Waals surface area contributed by atoms with Crippen LogP contribution in [-0.2, 0) is 17.4 Å². The SMILES string of the molecule is O=C(Cc1ccc(Sc2ccccc2C(F)(F)F)o1)C(=O)c1ncn[nH]1. The van der Waals surface area contributed by atoms with Gasteiger partial charge in [0.1, 0.15) is 12.1 Å². The van der Waals surface area contributed by atoms with E-state index in [2.05, 4.69) is 15.2 Å². The lowest BCUT2D eigenvalue weighted by Crippen LogP contribution is -2.17. The molecule has 0 fully saturated rings. The first-order valence-electron chi connectivity index (χ1n) is 7.20. The summed E-state index contributed by atoms with van der Waals surface area (Å²) in [6, 6.07) is 7.97. The number of rotatable bonds is 6. The van der Waals surface area contributed by atoms with Gasteiger partial charge in [-0.2, -0.15) is 18.3 Å². The number of aromatic nitrogens is 3. The van der Waals surface area contributed by atoms with Gasteiger partial charge in [-0.1, -0.05) is 23.9 Å². The number of Topliss-reactive ketones (excluding diaryl/α,β-unsaturated/α-hetero) is 2. The summed E-state index contributed by atoms with van der Waals surface area (Å²) in [6.07, 6.45) is -3.72. The lowest BCUT2D eigenvalue weighted by atomic mass is 10.1. The summed E-state index contributed by atoms with van der Waals surface area (Å²) in [5, 5.41) is 5.95. The number of alkyl halides is 3. The number of nitrogens with zero attached hydrogens (tertiary/aromatic N) is 2. The summed E-state index contributed by atoms with van der Waals surface area (Å²) in [5.41, 5.74) is -0.778. The normalized spacial score (nSPS) is 11.5. The van der Waals surface area contributed by atoms with Crippen LogP contribution in [0.1, 0.15) is 21.9 Å². The first-order valence-corrected chi connectivity index (χ1v) is 8.02. The van der Waals surface area contributed by atoms with Crippen molar-refractivity contribution in [2.24, 2.45) is 0 Å². The van der Waals surface area contributed by atoms with E-state index >= 15 is 0 Å². The highest BCUT2D eigenvalue weighted by Crippen LogP contribution is 2.39. The maximum atomic E-state index is 13.0. The molecule has 134 valence electrons. The standard InChI is InChI=1S/C16H10F3N3O3S/c17-16(18,19)10-3-1-2-4-12(10)26-13-6-5-9(25-13)7-11(23)14(24)15-20-8-21-22-15/h1-6,8H,7H2,(H,20,21,22). The molecule has 1 N–H and O–H groups in total. The van der Waals surface area contributed by atoms with Gasteiger partial charge in [0.15, 0.2) is 10.9 Å². The van der Waals surface area contributed by atoms with Crippen LogP contribution in [-0.4, -0.2) is 26.7 Å². The first kappa shape index (κ1) is 17.9. The zero-order chi connectivity index (χ0) is 18.7. The van der Waals surface area contributed by atoms with E-state index in [4.69, 9.17) is 4.42 Å². The number of hydrogen-bond donors (Lipinski definition) is 1. The fourth-order valence-electron chi connectivity index (χ4n) is 2.09. The molecule has 0 bridgehead atoms. The Labute approximate surface area is 148 Å². The molecule has 0 saturated carbocycles. The molecule has 2 heterocycles. The van der Waals surface area contributed by atoms with Crippen LogP contribution < -0.4 is 0 Å². The summed E-state index contributed by atoms with van der Waals surface area (Å²) in [4.78, 5) is 27.3. The Morgan fingerprint density at radius 2 is 1.92 bits per heavy atom. The van der Waals surface area contributed by atoms with Crippen LogP contribution in [0.25, 0.3) is 0 Å². The highest BCUT2D eigenvalue weighted by Gasteiger charge is 2.33. The Morgan fingerprint density at radius 3 is 2.62 bits per heavy atom. The van der Waals surface area contributed by atoms with Crippen molar-refractivity contribution in [1.82, 2.24) is 15.2 Å². The van der Waals surface area contributed by atoms with Crippen LogP contribution in [0.5, 0.6) is 0 Å². The molecule has 0 spiro atoms.